The van der Waals surface area contributed by atoms with Crippen molar-refractivity contribution in [3.8, 4) is 0 Å². The predicted octanol–water partition coefficient (Wildman–Crippen LogP) is 3.40. The van der Waals surface area contributed by atoms with Crippen LogP contribution in [0.4, 0.5) is 17.3 Å². The summed E-state index contributed by atoms with van der Waals surface area (Å²) in [6, 6.07) is 12.6. The van der Waals surface area contributed by atoms with E-state index in [4.69, 9.17) is 4.42 Å². The topological polar surface area (TPSA) is 149 Å². The van der Waals surface area contributed by atoms with E-state index in [2.05, 4.69) is 10.6 Å². The second-order valence-corrected chi connectivity index (χ2v) is 8.65. The Morgan fingerprint density at radius 2 is 1.74 bits per heavy atom. The van der Waals surface area contributed by atoms with Crippen molar-refractivity contribution in [1.29, 1.82) is 0 Å². The maximum absolute atomic E-state index is 12.5. The monoisotopic (exact) mass is 443 g/mol. The molecule has 1 aromatic heterocycles. The molecule has 0 aliphatic carbocycles. The van der Waals surface area contributed by atoms with Crippen LogP contribution in [0.25, 0.3) is 0 Å². The molecule has 3 rings (SSSR count). The van der Waals surface area contributed by atoms with Crippen LogP contribution in [0.2, 0.25) is 0 Å². The number of benzene rings is 2. The van der Waals surface area contributed by atoms with Gasteiger partial charge in [0.25, 0.3) is 11.8 Å². The normalized spacial score (nSPS) is 11.0. The average molecular weight is 443 g/mol. The van der Waals surface area contributed by atoms with Crippen LogP contribution in [-0.2, 0) is 9.84 Å². The van der Waals surface area contributed by atoms with E-state index in [1.165, 1.54) is 36.4 Å². The summed E-state index contributed by atoms with van der Waals surface area (Å²) < 4.78 is 28.2. The fourth-order valence-electron chi connectivity index (χ4n) is 2.68. The molecular formula is C20H17N3O7S. The zero-order chi connectivity index (χ0) is 22.8. The Morgan fingerprint density at radius 1 is 1.00 bits per heavy atom. The molecule has 2 amide bonds. The number of furan rings is 1. The maximum atomic E-state index is 12.5. The molecule has 2 aromatic carbocycles. The first-order valence-corrected chi connectivity index (χ1v) is 10.7. The van der Waals surface area contributed by atoms with Crippen LogP contribution in [0.5, 0.6) is 0 Å². The van der Waals surface area contributed by atoms with Gasteiger partial charge in [-0.05, 0) is 55.0 Å². The van der Waals surface area contributed by atoms with Gasteiger partial charge < -0.3 is 15.1 Å². The van der Waals surface area contributed by atoms with E-state index in [0.717, 1.165) is 12.3 Å². The van der Waals surface area contributed by atoms with E-state index in [0.29, 0.717) is 16.9 Å². The summed E-state index contributed by atoms with van der Waals surface area (Å²) in [7, 11) is -3.45. The molecular weight excluding hydrogens is 426 g/mol. The average Bonchev–Trinajstić information content (AvgIpc) is 3.20. The molecule has 0 aliphatic rings. The Hall–Kier alpha value is -3.99. The van der Waals surface area contributed by atoms with Crippen molar-refractivity contribution in [3.63, 3.8) is 0 Å². The molecule has 0 unspecified atom stereocenters. The fourth-order valence-corrected chi connectivity index (χ4v) is 3.35. The van der Waals surface area contributed by atoms with E-state index in [-0.39, 0.29) is 16.2 Å². The molecule has 0 atom stereocenters. The number of hydrogen-bond acceptors (Lipinski definition) is 7. The lowest BCUT2D eigenvalue weighted by molar-refractivity contribution is -0.402. The van der Waals surface area contributed by atoms with Crippen LogP contribution in [0.3, 0.4) is 0 Å². The molecule has 10 nitrogen and oxygen atoms in total. The lowest BCUT2D eigenvalue weighted by Crippen LogP contribution is -2.14. The van der Waals surface area contributed by atoms with Gasteiger partial charge in [0, 0.05) is 23.2 Å². The SMILES string of the molecule is Cc1cc(NC(=O)c2ccc([N+](=O)[O-])o2)ccc1NC(=O)c1cccc(S(C)(=O)=O)c1. The van der Waals surface area contributed by atoms with Gasteiger partial charge in [0.2, 0.25) is 0 Å². The molecule has 31 heavy (non-hydrogen) atoms. The van der Waals surface area contributed by atoms with Crippen molar-refractivity contribution in [3.05, 3.63) is 81.6 Å². The van der Waals surface area contributed by atoms with Crippen LogP contribution < -0.4 is 10.6 Å². The predicted molar refractivity (Wildman–Crippen MR) is 112 cm³/mol. The highest BCUT2D eigenvalue weighted by Gasteiger charge is 2.18. The Bertz CT molecular complexity index is 1300. The fraction of sp³-hybridized carbons (Fsp3) is 0.100. The molecule has 0 aliphatic heterocycles. The van der Waals surface area contributed by atoms with E-state index in [1.807, 2.05) is 0 Å². The minimum absolute atomic E-state index is 0.0353. The Morgan fingerprint density at radius 3 is 2.35 bits per heavy atom. The molecule has 0 radical (unpaired) electrons. The maximum Gasteiger partial charge on any atom is 0.433 e. The summed E-state index contributed by atoms with van der Waals surface area (Å²) in [5, 5.41) is 15.9. The summed E-state index contributed by atoms with van der Waals surface area (Å²) in [6.45, 7) is 1.70. The summed E-state index contributed by atoms with van der Waals surface area (Å²) in [5.41, 5.74) is 1.65. The highest BCUT2D eigenvalue weighted by atomic mass is 32.2. The van der Waals surface area contributed by atoms with Gasteiger partial charge in [-0.2, -0.15) is 0 Å². The van der Waals surface area contributed by atoms with Crippen molar-refractivity contribution in [2.75, 3.05) is 16.9 Å². The standard InChI is InChI=1S/C20H17N3O7S/c1-12-10-14(21-20(25)17-8-9-18(30-17)23(26)27)6-7-16(12)22-19(24)13-4-3-5-15(11-13)31(2,28)29/h3-11H,1-2H3,(H,21,25)(H,22,24). The third-order valence-electron chi connectivity index (χ3n) is 4.25. The van der Waals surface area contributed by atoms with Gasteiger partial charge in [-0.1, -0.05) is 6.07 Å². The number of nitro groups is 1. The number of carbonyl (C=O) groups is 2. The van der Waals surface area contributed by atoms with E-state index in [1.54, 1.807) is 19.1 Å². The van der Waals surface area contributed by atoms with Crippen molar-refractivity contribution >= 4 is 38.9 Å². The van der Waals surface area contributed by atoms with Gasteiger partial charge in [-0.25, -0.2) is 8.42 Å². The van der Waals surface area contributed by atoms with E-state index >= 15 is 0 Å². The van der Waals surface area contributed by atoms with Crippen molar-refractivity contribution in [1.82, 2.24) is 0 Å². The number of sulfone groups is 1. The zero-order valence-corrected chi connectivity index (χ0v) is 17.2. The highest BCUT2D eigenvalue weighted by Crippen LogP contribution is 2.23. The first-order chi connectivity index (χ1) is 14.5. The van der Waals surface area contributed by atoms with Crippen LogP contribution >= 0.6 is 0 Å². The number of nitrogens with zero attached hydrogens (tertiary/aromatic N) is 1. The first kappa shape index (κ1) is 21.7. The van der Waals surface area contributed by atoms with Gasteiger partial charge in [-0.15, -0.1) is 0 Å². The van der Waals surface area contributed by atoms with Crippen LogP contribution in [0, 0.1) is 17.0 Å². The third kappa shape index (κ3) is 5.14. The second-order valence-electron chi connectivity index (χ2n) is 6.63. The number of hydrogen-bond donors (Lipinski definition) is 2. The lowest BCUT2D eigenvalue weighted by Gasteiger charge is -2.11. The smallest absolute Gasteiger partial charge is 0.395 e. The summed E-state index contributed by atoms with van der Waals surface area (Å²) in [6.07, 6.45) is 1.06. The van der Waals surface area contributed by atoms with Crippen molar-refractivity contribution in [2.24, 2.45) is 0 Å². The molecule has 0 bridgehead atoms. The van der Waals surface area contributed by atoms with E-state index < -0.39 is 32.5 Å². The Kier molecular flexibility index (Phi) is 5.88. The van der Waals surface area contributed by atoms with Gasteiger partial charge >= 0.3 is 5.88 Å². The third-order valence-corrected chi connectivity index (χ3v) is 5.36. The largest absolute Gasteiger partial charge is 0.433 e. The number of anilines is 2. The van der Waals surface area contributed by atoms with Crippen LogP contribution in [0.1, 0.15) is 26.5 Å². The Labute approximate surface area is 177 Å². The molecule has 0 spiro atoms. The zero-order valence-electron chi connectivity index (χ0n) is 16.4. The van der Waals surface area contributed by atoms with Gasteiger partial charge in [0.1, 0.15) is 4.92 Å². The number of rotatable bonds is 6. The van der Waals surface area contributed by atoms with Crippen LogP contribution in [-0.4, -0.2) is 31.4 Å². The lowest BCUT2D eigenvalue weighted by atomic mass is 10.1. The summed E-state index contributed by atoms with van der Waals surface area (Å²) in [5.74, 6) is -1.91. The molecule has 2 N–H and O–H groups in total. The number of nitrogens with one attached hydrogen (secondary N) is 2. The quantitative estimate of drug-likeness (QED) is 0.438. The molecule has 3 aromatic rings. The summed E-state index contributed by atoms with van der Waals surface area (Å²) in [4.78, 5) is 34.6. The van der Waals surface area contributed by atoms with Gasteiger partial charge in [-0.3, -0.25) is 19.7 Å². The van der Waals surface area contributed by atoms with Crippen molar-refractivity contribution in [2.45, 2.75) is 11.8 Å². The Balaban J connectivity index is 1.72. The van der Waals surface area contributed by atoms with Gasteiger partial charge in [0.05, 0.1) is 11.0 Å². The molecule has 160 valence electrons. The minimum Gasteiger partial charge on any atom is -0.395 e. The molecule has 0 saturated carbocycles. The number of amides is 2. The first-order valence-electron chi connectivity index (χ1n) is 8.82. The summed E-state index contributed by atoms with van der Waals surface area (Å²) >= 11 is 0. The highest BCUT2D eigenvalue weighted by molar-refractivity contribution is 7.90. The van der Waals surface area contributed by atoms with E-state index in [9.17, 15) is 28.1 Å². The molecule has 0 saturated heterocycles. The van der Waals surface area contributed by atoms with Gasteiger partial charge in [0.15, 0.2) is 15.6 Å². The van der Waals surface area contributed by atoms with Crippen LogP contribution in [0.15, 0.2) is 63.9 Å². The molecule has 1 heterocycles. The van der Waals surface area contributed by atoms with Crippen molar-refractivity contribution < 1.29 is 27.3 Å². The second kappa shape index (κ2) is 8.40. The number of aryl methyl sites for hydroxylation is 1. The minimum atomic E-state index is -3.45. The number of carbonyl (C=O) groups excluding carboxylic acids is 2. The molecule has 0 fully saturated rings. The molecule has 11 heteroatoms.